The van der Waals surface area contributed by atoms with Crippen molar-refractivity contribution in [2.24, 2.45) is 0 Å². The maximum Gasteiger partial charge on any atom is 0.317 e. The third-order valence-corrected chi connectivity index (χ3v) is 6.75. The smallest absolute Gasteiger partial charge is 0.317 e. The van der Waals surface area contributed by atoms with Crippen LogP contribution in [-0.4, -0.2) is 57.5 Å². The van der Waals surface area contributed by atoms with Gasteiger partial charge in [0.05, 0.1) is 10.7 Å². The number of urea groups is 1. The lowest BCUT2D eigenvalue weighted by atomic mass is 10.1. The fourth-order valence-electron chi connectivity index (χ4n) is 3.40. The average molecular weight is 482 g/mol. The van der Waals surface area contributed by atoms with E-state index < -0.39 is 14.9 Å². The van der Waals surface area contributed by atoms with Gasteiger partial charge < -0.3 is 15.1 Å². The van der Waals surface area contributed by atoms with E-state index in [9.17, 15) is 23.3 Å². The normalized spacial score (nSPS) is 14.3. The van der Waals surface area contributed by atoms with Crippen LogP contribution in [0.4, 0.5) is 16.2 Å². The van der Waals surface area contributed by atoms with Gasteiger partial charge in [0, 0.05) is 43.8 Å². The van der Waals surface area contributed by atoms with Crippen LogP contribution in [0, 0.1) is 10.1 Å². The van der Waals surface area contributed by atoms with E-state index in [0.29, 0.717) is 49.0 Å². The lowest BCUT2D eigenvalue weighted by Gasteiger charge is -2.35. The monoisotopic (exact) mass is 481 g/mol. The minimum absolute atomic E-state index is 0.0543. The molecule has 1 aliphatic heterocycles. The number of carbonyl (C=O) groups is 1. The van der Waals surface area contributed by atoms with Gasteiger partial charge in [0.25, 0.3) is 5.69 Å². The number of nitrogens with zero attached hydrogens (tertiary/aromatic N) is 3. The summed E-state index contributed by atoms with van der Waals surface area (Å²) in [4.78, 5) is 26.9. The highest BCUT2D eigenvalue weighted by atomic mass is 35.5. The first kappa shape index (κ1) is 23.8. The molecule has 3 rings (SSSR count). The van der Waals surface area contributed by atoms with Gasteiger partial charge in [-0.2, -0.15) is 0 Å². The number of rotatable bonds is 7. The molecule has 0 aliphatic carbocycles. The van der Waals surface area contributed by atoms with Gasteiger partial charge >= 0.3 is 6.03 Å². The zero-order chi connectivity index (χ0) is 23.3. The quantitative estimate of drug-likeness (QED) is 0.462. The predicted molar refractivity (Wildman–Crippen MR) is 122 cm³/mol. The van der Waals surface area contributed by atoms with E-state index in [1.807, 2.05) is 4.90 Å². The van der Waals surface area contributed by atoms with Crippen molar-refractivity contribution in [2.45, 2.75) is 12.3 Å². The Hall–Kier alpha value is -2.89. The summed E-state index contributed by atoms with van der Waals surface area (Å²) in [6.45, 7) is 2.08. The molecule has 1 aliphatic rings. The van der Waals surface area contributed by atoms with Gasteiger partial charge in [0.15, 0.2) is 0 Å². The van der Waals surface area contributed by atoms with Crippen LogP contribution in [0.15, 0.2) is 42.5 Å². The molecule has 1 saturated heterocycles. The largest absolute Gasteiger partial charge is 0.362 e. The second kappa shape index (κ2) is 10.2. The van der Waals surface area contributed by atoms with Crippen molar-refractivity contribution in [1.29, 1.82) is 0 Å². The molecule has 0 radical (unpaired) electrons. The maximum atomic E-state index is 12.5. The molecular formula is C20H24ClN5O5S. The number of carbonyl (C=O) groups excluding carboxylic acids is 1. The van der Waals surface area contributed by atoms with Crippen LogP contribution >= 0.6 is 11.6 Å². The van der Waals surface area contributed by atoms with E-state index in [2.05, 4.69) is 10.0 Å². The molecule has 0 saturated carbocycles. The lowest BCUT2D eigenvalue weighted by molar-refractivity contribution is -0.384. The molecule has 1 heterocycles. The van der Waals surface area contributed by atoms with Crippen LogP contribution in [-0.2, 0) is 22.3 Å². The number of anilines is 1. The molecule has 2 amide bonds. The van der Waals surface area contributed by atoms with Gasteiger partial charge in [-0.25, -0.2) is 17.9 Å². The number of nitro benzene ring substituents is 1. The first-order valence-corrected chi connectivity index (χ1v) is 11.9. The predicted octanol–water partition coefficient (Wildman–Crippen LogP) is 2.33. The summed E-state index contributed by atoms with van der Waals surface area (Å²) in [5, 5.41) is 14.5. The second-order valence-electron chi connectivity index (χ2n) is 7.30. The van der Waals surface area contributed by atoms with Crippen LogP contribution in [0.1, 0.15) is 11.1 Å². The summed E-state index contributed by atoms with van der Waals surface area (Å²) in [5.74, 6) is -0.105. The van der Waals surface area contributed by atoms with Crippen LogP contribution in [0.25, 0.3) is 0 Å². The molecule has 2 aromatic carbocycles. The van der Waals surface area contributed by atoms with E-state index in [1.165, 1.54) is 13.1 Å². The topological polar surface area (TPSA) is 125 Å². The Bertz CT molecular complexity index is 1090. The Morgan fingerprint density at radius 2 is 1.72 bits per heavy atom. The number of nitrogens with one attached hydrogen (secondary N) is 2. The third-order valence-electron chi connectivity index (χ3n) is 5.18. The summed E-state index contributed by atoms with van der Waals surface area (Å²) < 4.78 is 25.5. The molecule has 0 spiro atoms. The summed E-state index contributed by atoms with van der Waals surface area (Å²) >= 11 is 5.88. The number of hydrogen-bond donors (Lipinski definition) is 2. The highest BCUT2D eigenvalue weighted by molar-refractivity contribution is 7.88. The minimum Gasteiger partial charge on any atom is -0.362 e. The van der Waals surface area contributed by atoms with Gasteiger partial charge in [-0.1, -0.05) is 35.9 Å². The van der Waals surface area contributed by atoms with E-state index in [-0.39, 0.29) is 17.5 Å². The van der Waals surface area contributed by atoms with Crippen molar-refractivity contribution in [1.82, 2.24) is 14.9 Å². The molecule has 1 fully saturated rings. The fourth-order valence-corrected chi connectivity index (χ4v) is 4.34. The zero-order valence-electron chi connectivity index (χ0n) is 17.5. The number of piperazine rings is 1. The van der Waals surface area contributed by atoms with Gasteiger partial charge in [-0.05, 0) is 30.3 Å². The molecule has 32 heavy (non-hydrogen) atoms. The number of benzene rings is 2. The summed E-state index contributed by atoms with van der Waals surface area (Å²) in [6.07, 6.45) is 0. The van der Waals surface area contributed by atoms with E-state index in [0.717, 1.165) is 5.56 Å². The van der Waals surface area contributed by atoms with Crippen LogP contribution in [0.3, 0.4) is 0 Å². The fraction of sp³-hybridized carbons (Fsp3) is 0.350. The first-order valence-electron chi connectivity index (χ1n) is 9.89. The van der Waals surface area contributed by atoms with Crippen LogP contribution in [0.2, 0.25) is 5.02 Å². The molecule has 2 N–H and O–H groups in total. The molecule has 0 aromatic heterocycles. The van der Waals surface area contributed by atoms with E-state index in [1.54, 1.807) is 41.3 Å². The van der Waals surface area contributed by atoms with Crippen molar-refractivity contribution >= 4 is 39.0 Å². The second-order valence-corrected chi connectivity index (χ2v) is 9.67. The lowest BCUT2D eigenvalue weighted by Crippen LogP contribution is -2.51. The molecule has 0 unspecified atom stereocenters. The average Bonchev–Trinajstić information content (AvgIpc) is 2.78. The van der Waals surface area contributed by atoms with Crippen molar-refractivity contribution < 1.29 is 18.1 Å². The molecule has 12 heteroatoms. The van der Waals surface area contributed by atoms with Crippen LogP contribution < -0.4 is 14.9 Å². The third kappa shape index (κ3) is 6.09. The number of sulfonamides is 1. The Labute approximate surface area is 191 Å². The van der Waals surface area contributed by atoms with Gasteiger partial charge in [-0.3, -0.25) is 10.1 Å². The number of halogens is 1. The SMILES string of the molecule is CNS(=O)(=O)Cc1ccc(CNC(=O)N2CCN(c3ccc(Cl)cc3[N+](=O)[O-])CC2)cc1. The summed E-state index contributed by atoms with van der Waals surface area (Å²) in [7, 11) is -1.96. The Morgan fingerprint density at radius 3 is 2.31 bits per heavy atom. The molecule has 0 atom stereocenters. The molecule has 0 bridgehead atoms. The maximum absolute atomic E-state index is 12.5. The van der Waals surface area contributed by atoms with Crippen molar-refractivity contribution in [3.63, 3.8) is 0 Å². The van der Waals surface area contributed by atoms with Gasteiger partial charge in [0.2, 0.25) is 10.0 Å². The molecule has 172 valence electrons. The Kier molecular flexibility index (Phi) is 7.54. The standard InChI is InChI=1S/C20H24ClN5O5S/c1-22-32(30,31)14-16-4-2-15(3-5-16)13-23-20(27)25-10-8-24(9-11-25)18-7-6-17(21)12-19(18)26(28)29/h2-7,12,22H,8-11,13-14H2,1H3,(H,23,27). The highest BCUT2D eigenvalue weighted by Crippen LogP contribution is 2.31. The summed E-state index contributed by atoms with van der Waals surface area (Å²) in [5.41, 5.74) is 1.93. The van der Waals surface area contributed by atoms with Crippen molar-refractivity contribution in [2.75, 3.05) is 38.1 Å². The highest BCUT2D eigenvalue weighted by Gasteiger charge is 2.26. The molecular weight excluding hydrogens is 458 g/mol. The van der Waals surface area contributed by atoms with Crippen LogP contribution in [0.5, 0.6) is 0 Å². The Morgan fingerprint density at radius 1 is 1.09 bits per heavy atom. The molecule has 10 nitrogen and oxygen atoms in total. The number of amides is 2. The minimum atomic E-state index is -3.33. The zero-order valence-corrected chi connectivity index (χ0v) is 19.0. The molecule has 2 aromatic rings. The summed E-state index contributed by atoms with van der Waals surface area (Å²) in [6, 6.07) is 11.3. The van der Waals surface area contributed by atoms with Gasteiger partial charge in [-0.15, -0.1) is 0 Å². The van der Waals surface area contributed by atoms with Crippen molar-refractivity contribution in [3.8, 4) is 0 Å². The number of hydrogen-bond acceptors (Lipinski definition) is 6. The van der Waals surface area contributed by atoms with Gasteiger partial charge in [0.1, 0.15) is 5.69 Å². The van der Waals surface area contributed by atoms with E-state index in [4.69, 9.17) is 11.6 Å². The van der Waals surface area contributed by atoms with E-state index >= 15 is 0 Å². The van der Waals surface area contributed by atoms with Crippen molar-refractivity contribution in [3.05, 3.63) is 68.7 Å². The Balaban J connectivity index is 1.52. The number of nitro groups is 1. The first-order chi connectivity index (χ1) is 15.2.